The summed E-state index contributed by atoms with van der Waals surface area (Å²) in [5.74, 6) is 0. The molecule has 0 aromatic rings. The van der Waals surface area contributed by atoms with E-state index in [4.69, 9.17) is 0 Å². The van der Waals surface area contributed by atoms with E-state index >= 15 is 0 Å². The van der Waals surface area contributed by atoms with Crippen LogP contribution < -0.4 is 0 Å². The first-order valence-electron chi connectivity index (χ1n) is 7.12. The van der Waals surface area contributed by atoms with E-state index in [0.717, 1.165) is 0 Å². The Balaban J connectivity index is -0.0000000774. The second kappa shape index (κ2) is 17.1. The maximum Gasteiger partial charge on any atom is 0 e. The number of rotatable bonds is 2. The van der Waals surface area contributed by atoms with Crippen molar-refractivity contribution in [2.45, 2.75) is 83.6 Å². The fourth-order valence-electron chi connectivity index (χ4n) is 1.37. The average molecular weight is 456 g/mol. The van der Waals surface area contributed by atoms with Crippen LogP contribution in [-0.2, 0) is 65.4 Å². The molecule has 0 aliphatic rings. The fourth-order valence-corrected chi connectivity index (χ4v) is 1.37. The van der Waals surface area contributed by atoms with Crippen LogP contribution in [0.25, 0.3) is 0 Å². The van der Waals surface area contributed by atoms with E-state index in [1.54, 1.807) is 0 Å². The van der Waals surface area contributed by atoms with Gasteiger partial charge in [0.25, 0.3) is 0 Å². The van der Waals surface area contributed by atoms with E-state index in [0.29, 0.717) is 5.41 Å². The van der Waals surface area contributed by atoms with E-state index in [-0.39, 0.29) is 72.8 Å². The summed E-state index contributed by atoms with van der Waals surface area (Å²) in [6.07, 6.45) is 5.27. The number of hydrogen-bond acceptors (Lipinski definition) is 0. The van der Waals surface area contributed by atoms with Crippen LogP contribution in [-0.4, -0.2) is 0 Å². The Bertz CT molecular complexity index is 360. The zero-order valence-corrected chi connectivity index (χ0v) is 21.9. The largest absolute Gasteiger partial charge is 0.275 e. The molecular weight excluding hydrogens is 418 g/mol. The van der Waals surface area contributed by atoms with Gasteiger partial charge in [0.05, 0.1) is 0 Å². The average Bonchev–Trinajstić information content (AvgIpc) is 2.34. The van der Waals surface area contributed by atoms with Crippen molar-refractivity contribution in [3.8, 4) is 0 Å². The van der Waals surface area contributed by atoms with Gasteiger partial charge in [-0.25, -0.2) is 23.1 Å². The van der Waals surface area contributed by atoms with Gasteiger partial charge in [-0.15, -0.1) is 27.7 Å². The van der Waals surface area contributed by atoms with Crippen LogP contribution in [0.4, 0.5) is 0 Å². The van der Waals surface area contributed by atoms with Crippen molar-refractivity contribution in [1.82, 2.24) is 0 Å². The third kappa shape index (κ3) is 16.2. The Hall–Kier alpha value is 1.30. The van der Waals surface area contributed by atoms with Gasteiger partial charge in [-0.05, 0) is 0 Å². The second-order valence-electron chi connectivity index (χ2n) is 6.35. The van der Waals surface area contributed by atoms with Crippen molar-refractivity contribution in [3.05, 3.63) is 40.4 Å². The Morgan fingerprint density at radius 2 is 1.23 bits per heavy atom. The van der Waals surface area contributed by atoms with E-state index in [9.17, 15) is 0 Å². The molecule has 0 aromatic carbocycles. The Kier molecular flexibility index (Phi) is 26.9. The van der Waals surface area contributed by atoms with Gasteiger partial charge in [-0.3, -0.25) is 6.08 Å². The van der Waals surface area contributed by atoms with Gasteiger partial charge in [-0.2, -0.15) is 11.1 Å². The summed E-state index contributed by atoms with van der Waals surface area (Å²) in [4.78, 5) is 0. The Labute approximate surface area is 192 Å². The molecule has 2 radical (unpaired) electrons. The predicted octanol–water partition coefficient (Wildman–Crippen LogP) is 7.34. The van der Waals surface area contributed by atoms with Gasteiger partial charge in [0, 0.05) is 65.4 Å². The molecule has 0 aliphatic carbocycles. The Morgan fingerprint density at radius 3 is 1.32 bits per heavy atom. The first-order valence-corrected chi connectivity index (χ1v) is 7.12. The smallest absolute Gasteiger partial charge is 0 e. The summed E-state index contributed by atoms with van der Waals surface area (Å²) >= 11 is 0. The van der Waals surface area contributed by atoms with Crippen LogP contribution in [0.2, 0.25) is 0 Å². The molecule has 0 rings (SSSR count). The standard InChI is InChI=1S/C10H19.C9H15.CH4.2Y/c1-7-8(2)9(3)10(4,5)6;1-6-8(4)9(5)7(2)3;;;/h7H,1-6H3;1-5H3;1H4;;/q2*-1;;;/b9-8-;;;;. The maximum atomic E-state index is 3.10. The van der Waals surface area contributed by atoms with Crippen LogP contribution in [0.15, 0.2) is 27.9 Å². The molecule has 0 unspecified atom stereocenters. The van der Waals surface area contributed by atoms with Crippen molar-refractivity contribution in [2.75, 3.05) is 0 Å². The van der Waals surface area contributed by atoms with Crippen molar-refractivity contribution in [2.24, 2.45) is 5.41 Å². The number of allylic oxidation sites excluding steroid dienone is 6. The zero-order chi connectivity index (χ0) is 15.8. The van der Waals surface area contributed by atoms with E-state index in [1.165, 1.54) is 27.9 Å². The van der Waals surface area contributed by atoms with Gasteiger partial charge in [0.2, 0.25) is 0 Å². The van der Waals surface area contributed by atoms with Crippen molar-refractivity contribution < 1.29 is 65.4 Å². The first kappa shape index (κ1) is 34.6. The minimum Gasteiger partial charge on any atom is -0.275 e. The first-order chi connectivity index (χ1) is 8.48. The molecule has 0 N–H and O–H groups in total. The molecule has 0 nitrogen and oxygen atoms in total. The van der Waals surface area contributed by atoms with E-state index in [2.05, 4.69) is 81.7 Å². The van der Waals surface area contributed by atoms with E-state index in [1.807, 2.05) is 6.92 Å². The van der Waals surface area contributed by atoms with Crippen LogP contribution in [0.5, 0.6) is 0 Å². The third-order valence-electron chi connectivity index (χ3n) is 3.84. The molecule has 0 bridgehead atoms. The summed E-state index contributed by atoms with van der Waals surface area (Å²) in [6.45, 7) is 23.6. The summed E-state index contributed by atoms with van der Waals surface area (Å²) in [7, 11) is 0. The quantitative estimate of drug-likeness (QED) is 0.301. The normalized spacial score (nSPS) is 11.3. The van der Waals surface area contributed by atoms with Crippen LogP contribution in [0.3, 0.4) is 0 Å². The van der Waals surface area contributed by atoms with Gasteiger partial charge < -0.3 is 0 Å². The molecule has 22 heavy (non-hydrogen) atoms. The third-order valence-corrected chi connectivity index (χ3v) is 3.84. The van der Waals surface area contributed by atoms with Gasteiger partial charge in [0.1, 0.15) is 0 Å². The molecule has 0 spiro atoms. The maximum absolute atomic E-state index is 3.10. The monoisotopic (exact) mass is 456 g/mol. The summed E-state index contributed by atoms with van der Waals surface area (Å²) < 4.78 is 0. The Morgan fingerprint density at radius 1 is 0.864 bits per heavy atom. The molecule has 0 aromatic heterocycles. The molecule has 0 aliphatic heterocycles. The summed E-state index contributed by atoms with van der Waals surface area (Å²) in [6, 6.07) is 0. The minimum atomic E-state index is 0. The molecule has 0 heterocycles. The molecule has 126 valence electrons. The molecule has 0 saturated heterocycles. The molecule has 2 heteroatoms. The topological polar surface area (TPSA) is 0 Å². The van der Waals surface area contributed by atoms with Crippen molar-refractivity contribution in [3.63, 3.8) is 0 Å². The van der Waals surface area contributed by atoms with Crippen LogP contribution >= 0.6 is 0 Å². The molecule has 0 atom stereocenters. The minimum absolute atomic E-state index is 0. The zero-order valence-electron chi connectivity index (χ0n) is 16.2. The van der Waals surface area contributed by atoms with Crippen LogP contribution in [0, 0.1) is 17.9 Å². The molecule has 0 amide bonds. The number of hydrogen-bond donors (Lipinski definition) is 0. The summed E-state index contributed by atoms with van der Waals surface area (Å²) in [5, 5.41) is 0. The summed E-state index contributed by atoms with van der Waals surface area (Å²) in [5.41, 5.74) is 7.22. The molecule has 0 saturated carbocycles. The fraction of sp³-hybridized carbons (Fsp3) is 0.650. The SMILES string of the molecule is C.C[C-]=C(C)C(C)=C(C)C.C[CH-]/C(C)=C(/C)C(C)(C)C.[Y].[Y]. The van der Waals surface area contributed by atoms with E-state index < -0.39 is 0 Å². The second-order valence-corrected chi connectivity index (χ2v) is 6.35. The predicted molar refractivity (Wildman–Crippen MR) is 96.7 cm³/mol. The van der Waals surface area contributed by atoms with Gasteiger partial charge in [-0.1, -0.05) is 61.3 Å². The van der Waals surface area contributed by atoms with Crippen LogP contribution in [0.1, 0.15) is 83.6 Å². The molecule has 0 fully saturated rings. The molecular formula is C20H38Y2-2. The van der Waals surface area contributed by atoms with Crippen molar-refractivity contribution in [1.29, 1.82) is 0 Å². The van der Waals surface area contributed by atoms with Gasteiger partial charge in [0.15, 0.2) is 0 Å². The van der Waals surface area contributed by atoms with Gasteiger partial charge >= 0.3 is 0 Å². The van der Waals surface area contributed by atoms with Crippen molar-refractivity contribution >= 4 is 0 Å².